The van der Waals surface area contributed by atoms with Crippen molar-refractivity contribution in [3.05, 3.63) is 89.0 Å². The van der Waals surface area contributed by atoms with Gasteiger partial charge in [-0.25, -0.2) is 13.6 Å². The van der Waals surface area contributed by atoms with Crippen LogP contribution in [-0.4, -0.2) is 131 Å². The number of carbonyl (C=O) groups is 3. The Morgan fingerprint density at radius 2 is 1.41 bits per heavy atom. The lowest BCUT2D eigenvalue weighted by molar-refractivity contribution is -0.144. The number of halogens is 2. The topological polar surface area (TPSA) is 113 Å². The van der Waals surface area contributed by atoms with E-state index in [0.717, 1.165) is 11.6 Å². The molecule has 3 amide bonds. The predicted molar refractivity (Wildman–Crippen MR) is 206 cm³/mol. The van der Waals surface area contributed by atoms with Gasteiger partial charge in [0.2, 0.25) is 5.75 Å². The Bertz CT molecular complexity index is 1830. The maximum Gasteiger partial charge on any atom is 0.320 e. The highest BCUT2D eigenvalue weighted by molar-refractivity contribution is 5.96. The molecule has 6 rings (SSSR count). The summed E-state index contributed by atoms with van der Waals surface area (Å²) in [5.74, 6) is -1.21. The van der Waals surface area contributed by atoms with E-state index < -0.39 is 22.6 Å². The number of amides is 3. The fraction of sp³-hybridized carbons (Fsp3) is 0.500. The molecule has 0 aliphatic carbocycles. The minimum absolute atomic E-state index is 0.127. The van der Waals surface area contributed by atoms with Crippen LogP contribution in [0.3, 0.4) is 0 Å². The molecule has 3 aliphatic heterocycles. The average Bonchev–Trinajstić information content (AvgIpc) is 3.67. The first kappa shape index (κ1) is 40.7. The Labute approximate surface area is 327 Å². The molecular weight excluding hydrogens is 724 g/mol. The van der Waals surface area contributed by atoms with Crippen LogP contribution in [0.15, 0.2) is 60.7 Å². The van der Waals surface area contributed by atoms with E-state index in [1.807, 2.05) is 28.0 Å². The van der Waals surface area contributed by atoms with Crippen LogP contribution in [0, 0.1) is 11.6 Å². The second kappa shape index (κ2) is 17.9. The Morgan fingerprint density at radius 1 is 0.732 bits per heavy atom. The molecule has 3 aromatic carbocycles. The highest BCUT2D eigenvalue weighted by Crippen LogP contribution is 2.42. The standard InChI is InChI=1S/C42H53F2N5O7/c1-5-56-37(50)28-47-21-23-48(24-22-47)40(52)45-42(31-9-7-6-8-10-31)15-18-46(19-16-42)17-13-41(32-11-12-33(43)34(44)27-32)14-20-49(29-41)39(51)30-25-35(53-2)38(55-4)36(26-30)54-3/h6-12,25-27H,5,13-24,28-29H2,1-4H3,(H,45,52)/t41-/m1/s1. The van der Waals surface area contributed by atoms with E-state index >= 15 is 0 Å². The SMILES string of the molecule is CCOC(=O)CN1CCN(C(=O)NC2(c3ccccc3)CCN(CC[C@@]3(c4ccc(F)c(F)c4)CCN(C(=O)c4cc(OC)c(OC)c(OC)c4)C3)CC2)CC1. The van der Waals surface area contributed by atoms with E-state index in [0.29, 0.717) is 120 Å². The zero-order chi connectivity index (χ0) is 39.9. The number of carbonyl (C=O) groups excluding carboxylic acids is 3. The largest absolute Gasteiger partial charge is 0.493 e. The summed E-state index contributed by atoms with van der Waals surface area (Å²) < 4.78 is 50.5. The van der Waals surface area contributed by atoms with Crippen LogP contribution in [0.5, 0.6) is 17.2 Å². The molecule has 3 saturated heterocycles. The molecule has 1 atom stereocenters. The van der Waals surface area contributed by atoms with Crippen molar-refractivity contribution in [3.8, 4) is 17.2 Å². The number of methoxy groups -OCH3 is 3. The lowest BCUT2D eigenvalue weighted by Gasteiger charge is -2.45. The van der Waals surface area contributed by atoms with Crippen molar-refractivity contribution in [1.29, 1.82) is 0 Å². The van der Waals surface area contributed by atoms with Crippen LogP contribution in [0.4, 0.5) is 13.6 Å². The maximum absolute atomic E-state index is 14.8. The predicted octanol–water partition coefficient (Wildman–Crippen LogP) is 5.05. The van der Waals surface area contributed by atoms with Gasteiger partial charge in [0, 0.05) is 63.3 Å². The second-order valence-electron chi connectivity index (χ2n) is 14.8. The number of ether oxygens (including phenoxy) is 4. The summed E-state index contributed by atoms with van der Waals surface area (Å²) >= 11 is 0. The Kier molecular flexibility index (Phi) is 13.0. The number of hydrogen-bond donors (Lipinski definition) is 1. The number of urea groups is 1. The van der Waals surface area contributed by atoms with Gasteiger partial charge in [-0.1, -0.05) is 36.4 Å². The number of nitrogens with zero attached hydrogens (tertiary/aromatic N) is 4. The van der Waals surface area contributed by atoms with Gasteiger partial charge in [-0.15, -0.1) is 0 Å². The van der Waals surface area contributed by atoms with Crippen LogP contribution in [-0.2, 0) is 20.5 Å². The molecule has 1 N–H and O–H groups in total. The Morgan fingerprint density at radius 3 is 2.02 bits per heavy atom. The van der Waals surface area contributed by atoms with E-state index in [1.54, 1.807) is 30.0 Å². The third kappa shape index (κ3) is 8.86. The van der Waals surface area contributed by atoms with Crippen molar-refractivity contribution in [2.24, 2.45) is 0 Å². The number of rotatable bonds is 13. The number of esters is 1. The van der Waals surface area contributed by atoms with Crippen LogP contribution < -0.4 is 19.5 Å². The van der Waals surface area contributed by atoms with E-state index in [-0.39, 0.29) is 24.5 Å². The van der Waals surface area contributed by atoms with Crippen molar-refractivity contribution in [1.82, 2.24) is 24.9 Å². The molecule has 3 fully saturated rings. The Balaban J connectivity index is 1.15. The number of hydrogen-bond acceptors (Lipinski definition) is 9. The third-order valence-corrected chi connectivity index (χ3v) is 11.7. The van der Waals surface area contributed by atoms with Crippen LogP contribution >= 0.6 is 0 Å². The van der Waals surface area contributed by atoms with Gasteiger partial charge in [-0.2, -0.15) is 0 Å². The van der Waals surface area contributed by atoms with Crippen molar-refractivity contribution in [2.75, 3.05) is 93.4 Å². The zero-order valence-corrected chi connectivity index (χ0v) is 32.8. The second-order valence-corrected chi connectivity index (χ2v) is 14.8. The molecule has 12 nitrogen and oxygen atoms in total. The monoisotopic (exact) mass is 777 g/mol. The summed E-state index contributed by atoms with van der Waals surface area (Å²) in [6.07, 6.45) is 2.53. The molecule has 0 spiro atoms. The maximum atomic E-state index is 14.8. The van der Waals surface area contributed by atoms with Crippen LogP contribution in [0.1, 0.15) is 54.1 Å². The van der Waals surface area contributed by atoms with E-state index in [9.17, 15) is 23.2 Å². The van der Waals surface area contributed by atoms with Gasteiger partial charge in [0.05, 0.1) is 40.0 Å². The zero-order valence-electron chi connectivity index (χ0n) is 32.8. The molecular formula is C42H53F2N5O7. The summed E-state index contributed by atoms with van der Waals surface area (Å²) in [7, 11) is 4.48. The molecule has 56 heavy (non-hydrogen) atoms. The molecule has 0 saturated carbocycles. The average molecular weight is 778 g/mol. The number of likely N-dealkylation sites (tertiary alicyclic amines) is 2. The van der Waals surface area contributed by atoms with Crippen molar-refractivity contribution in [2.45, 2.75) is 43.6 Å². The van der Waals surface area contributed by atoms with Crippen molar-refractivity contribution < 1.29 is 42.1 Å². The highest BCUT2D eigenvalue weighted by atomic mass is 19.2. The van der Waals surface area contributed by atoms with Gasteiger partial charge in [-0.05, 0) is 74.5 Å². The normalized spacial score (nSPS) is 20.0. The lowest BCUT2D eigenvalue weighted by atomic mass is 9.76. The number of benzene rings is 3. The first-order valence-corrected chi connectivity index (χ1v) is 19.3. The van der Waals surface area contributed by atoms with Gasteiger partial charge in [0.1, 0.15) is 0 Å². The van der Waals surface area contributed by atoms with Crippen molar-refractivity contribution >= 4 is 17.9 Å². The first-order chi connectivity index (χ1) is 27.0. The summed E-state index contributed by atoms with van der Waals surface area (Å²) in [5.41, 5.74) is 0.869. The number of piperidine rings is 1. The van der Waals surface area contributed by atoms with Crippen molar-refractivity contribution in [3.63, 3.8) is 0 Å². The molecule has 0 radical (unpaired) electrons. The van der Waals surface area contributed by atoms with E-state index in [2.05, 4.69) is 22.3 Å². The molecule has 14 heteroatoms. The summed E-state index contributed by atoms with van der Waals surface area (Å²) in [5, 5.41) is 3.42. The van der Waals surface area contributed by atoms with Gasteiger partial charge >= 0.3 is 12.0 Å². The molecule has 0 aromatic heterocycles. The number of nitrogens with one attached hydrogen (secondary N) is 1. The fourth-order valence-corrected chi connectivity index (χ4v) is 8.40. The minimum atomic E-state index is -0.918. The quantitative estimate of drug-likeness (QED) is 0.239. The van der Waals surface area contributed by atoms with E-state index in [4.69, 9.17) is 18.9 Å². The van der Waals surface area contributed by atoms with Gasteiger partial charge in [-0.3, -0.25) is 14.5 Å². The molecule has 0 bridgehead atoms. The first-order valence-electron chi connectivity index (χ1n) is 19.3. The number of piperazine rings is 1. The lowest BCUT2D eigenvalue weighted by Crippen LogP contribution is -2.59. The highest BCUT2D eigenvalue weighted by Gasteiger charge is 2.44. The third-order valence-electron chi connectivity index (χ3n) is 11.7. The molecule has 3 aliphatic rings. The minimum Gasteiger partial charge on any atom is -0.493 e. The van der Waals surface area contributed by atoms with Gasteiger partial charge in [0.25, 0.3) is 5.91 Å². The molecule has 0 unspecified atom stereocenters. The van der Waals surface area contributed by atoms with Crippen LogP contribution in [0.25, 0.3) is 0 Å². The Hall–Kier alpha value is -4.95. The van der Waals surface area contributed by atoms with E-state index in [1.165, 1.54) is 27.4 Å². The molecule has 3 heterocycles. The molecule has 3 aromatic rings. The van der Waals surface area contributed by atoms with Crippen LogP contribution in [0.2, 0.25) is 0 Å². The fourth-order valence-electron chi connectivity index (χ4n) is 8.40. The smallest absolute Gasteiger partial charge is 0.320 e. The summed E-state index contributed by atoms with van der Waals surface area (Å²) in [4.78, 5) is 47.7. The van der Waals surface area contributed by atoms with Gasteiger partial charge < -0.3 is 39.0 Å². The summed E-state index contributed by atoms with van der Waals surface area (Å²) in [6, 6.07) is 17.2. The summed E-state index contributed by atoms with van der Waals surface area (Å²) in [6.45, 7) is 7.33. The molecule has 302 valence electrons. The van der Waals surface area contributed by atoms with Gasteiger partial charge in [0.15, 0.2) is 23.1 Å².